The van der Waals surface area contributed by atoms with Crippen molar-refractivity contribution in [2.75, 3.05) is 22.9 Å². The van der Waals surface area contributed by atoms with Gasteiger partial charge in [0.15, 0.2) is 0 Å². The molecule has 7 atom stereocenters. The van der Waals surface area contributed by atoms with E-state index in [0.717, 1.165) is 35.0 Å². The van der Waals surface area contributed by atoms with Crippen LogP contribution < -0.4 is 14.7 Å². The van der Waals surface area contributed by atoms with Gasteiger partial charge in [-0.2, -0.15) is 0 Å². The van der Waals surface area contributed by atoms with Crippen LogP contribution in [0.15, 0.2) is 58.4 Å². The van der Waals surface area contributed by atoms with Crippen LogP contribution >= 0.6 is 23.1 Å². The molecule has 2 aromatic carbocycles. The van der Waals surface area contributed by atoms with Gasteiger partial charge >= 0.3 is 4.87 Å². The van der Waals surface area contributed by atoms with Crippen molar-refractivity contribution in [2.45, 2.75) is 36.5 Å². The summed E-state index contributed by atoms with van der Waals surface area (Å²) in [4.78, 5) is 47.5. The molecule has 7 rings (SSSR count). The Morgan fingerprint density at radius 2 is 1.61 bits per heavy atom. The molecule has 3 aromatic rings. The summed E-state index contributed by atoms with van der Waals surface area (Å²) in [6.07, 6.45) is 0.847. The van der Waals surface area contributed by atoms with Crippen molar-refractivity contribution in [3.05, 3.63) is 74.5 Å². The number of carbonyl (C=O) groups is 2. The molecule has 4 aliphatic rings. The van der Waals surface area contributed by atoms with Gasteiger partial charge in [-0.05, 0) is 80.0 Å². The average Bonchev–Trinajstić information content (AvgIpc) is 3.65. The molecule has 0 radical (unpaired) electrons. The van der Waals surface area contributed by atoms with Gasteiger partial charge in [-0.15, -0.1) is 11.8 Å². The number of aromatic nitrogens is 1. The van der Waals surface area contributed by atoms with Gasteiger partial charge in [0, 0.05) is 34.8 Å². The zero-order valence-corrected chi connectivity index (χ0v) is 22.7. The number of thiazole rings is 1. The van der Waals surface area contributed by atoms with Crippen LogP contribution in [-0.2, 0) is 9.59 Å². The number of hydrogen-bond donors (Lipinski definition) is 1. The van der Waals surface area contributed by atoms with Crippen LogP contribution in [0.2, 0.25) is 0 Å². The number of nitrogens with zero attached hydrogens (tertiary/aromatic N) is 2. The Morgan fingerprint density at radius 3 is 2.26 bits per heavy atom. The smallest absolute Gasteiger partial charge is 0.305 e. The van der Waals surface area contributed by atoms with Crippen molar-refractivity contribution in [3.63, 3.8) is 0 Å². The molecule has 2 amide bonds. The van der Waals surface area contributed by atoms with E-state index in [9.17, 15) is 18.8 Å². The molecule has 3 fully saturated rings. The first-order valence-electron chi connectivity index (χ1n) is 13.3. The Labute approximate surface area is 228 Å². The molecule has 2 aliphatic carbocycles. The van der Waals surface area contributed by atoms with Gasteiger partial charge in [0.2, 0.25) is 11.8 Å². The SMILES string of the molecule is CCN(CC)c1ccc([C@H]2c3sc(=O)[nH]c3S[C@@H]3[C@H]4C[C@@H]([C@@H]5C(=O)N(c6ccc(F)cc6)C(=O)[C@@H]45)[C@@H]23)cc1. The molecule has 0 spiro atoms. The molecule has 2 bridgehead atoms. The molecule has 6 nitrogen and oxygen atoms in total. The molecular weight excluding hydrogens is 521 g/mol. The van der Waals surface area contributed by atoms with E-state index in [1.807, 2.05) is 0 Å². The normalized spacial score (nSPS) is 30.9. The number of nitrogens with one attached hydrogen (secondary N) is 1. The number of carbonyl (C=O) groups excluding carboxylic acids is 2. The second-order valence-electron chi connectivity index (χ2n) is 10.7. The van der Waals surface area contributed by atoms with Gasteiger partial charge < -0.3 is 9.88 Å². The summed E-state index contributed by atoms with van der Waals surface area (Å²) in [5, 5.41) is 1.06. The molecule has 1 aromatic heterocycles. The lowest BCUT2D eigenvalue weighted by Crippen LogP contribution is -2.42. The lowest BCUT2D eigenvalue weighted by atomic mass is 9.68. The summed E-state index contributed by atoms with van der Waals surface area (Å²) in [5.74, 6) is -1.16. The maximum absolute atomic E-state index is 13.8. The number of aromatic amines is 1. The summed E-state index contributed by atoms with van der Waals surface area (Å²) < 4.78 is 13.6. The van der Waals surface area contributed by atoms with Crippen molar-refractivity contribution < 1.29 is 14.0 Å². The highest BCUT2D eigenvalue weighted by molar-refractivity contribution is 8.00. The van der Waals surface area contributed by atoms with Crippen LogP contribution in [0.4, 0.5) is 15.8 Å². The quantitative estimate of drug-likeness (QED) is 0.449. The number of rotatable bonds is 5. The minimum atomic E-state index is -0.398. The van der Waals surface area contributed by atoms with Crippen molar-refractivity contribution >= 4 is 46.3 Å². The van der Waals surface area contributed by atoms with E-state index in [-0.39, 0.29) is 57.4 Å². The first kappa shape index (κ1) is 24.2. The van der Waals surface area contributed by atoms with Gasteiger partial charge in [-0.25, -0.2) is 4.39 Å². The third kappa shape index (κ3) is 3.33. The molecule has 3 heterocycles. The number of thioether (sulfide) groups is 1. The molecule has 1 saturated heterocycles. The third-order valence-corrected chi connectivity index (χ3v) is 11.8. The summed E-state index contributed by atoms with van der Waals surface area (Å²) in [7, 11) is 0. The highest BCUT2D eigenvalue weighted by Crippen LogP contribution is 2.68. The van der Waals surface area contributed by atoms with E-state index < -0.39 is 5.82 Å². The fourth-order valence-corrected chi connectivity index (χ4v) is 10.6. The number of anilines is 2. The Kier molecular flexibility index (Phi) is 5.60. The number of hydrogen-bond acceptors (Lipinski definition) is 6. The van der Waals surface area contributed by atoms with E-state index in [1.165, 1.54) is 46.2 Å². The third-order valence-electron chi connectivity index (χ3n) is 9.19. The molecule has 0 unspecified atom stereocenters. The second kappa shape index (κ2) is 8.81. The molecule has 2 aliphatic heterocycles. The van der Waals surface area contributed by atoms with Crippen molar-refractivity contribution in [3.8, 4) is 0 Å². The Hall–Kier alpha value is -2.91. The van der Waals surface area contributed by atoms with Gasteiger partial charge in [-0.3, -0.25) is 19.3 Å². The Bertz CT molecular complexity index is 1480. The molecule has 9 heteroatoms. The fourth-order valence-electron chi connectivity index (χ4n) is 7.72. The number of H-pyrrole nitrogens is 1. The lowest BCUT2D eigenvalue weighted by Gasteiger charge is -2.43. The standard InChI is InChI=1S/C29H28FN3O3S2/c1-3-32(4-2)16-9-5-14(6-10-16)20-21-18-13-19(24(21)37-26-25(20)38-29(36)31-26)23-22(18)27(34)33(28(23)35)17-11-7-15(30)8-12-17/h5-12,18-24H,3-4,13H2,1-2H3,(H,31,36)/t18-,19+,20-,21+,22+,23+,24-/m1/s1. The highest BCUT2D eigenvalue weighted by Gasteiger charge is 2.69. The van der Waals surface area contributed by atoms with Gasteiger partial charge in [0.25, 0.3) is 0 Å². The summed E-state index contributed by atoms with van der Waals surface area (Å²) in [6.45, 7) is 6.14. The topological polar surface area (TPSA) is 73.5 Å². The van der Waals surface area contributed by atoms with Crippen molar-refractivity contribution in [1.29, 1.82) is 0 Å². The average molecular weight is 550 g/mol. The number of fused-ring (bicyclic) bond motifs is 9. The predicted octanol–water partition coefficient (Wildman–Crippen LogP) is 5.10. The molecule has 1 N–H and O–H groups in total. The predicted molar refractivity (Wildman–Crippen MR) is 147 cm³/mol. The maximum atomic E-state index is 13.8. The largest absolute Gasteiger partial charge is 0.372 e. The summed E-state index contributed by atoms with van der Waals surface area (Å²) in [5.41, 5.74) is 2.77. The van der Waals surface area contributed by atoms with E-state index in [4.69, 9.17) is 0 Å². The number of imide groups is 1. The highest BCUT2D eigenvalue weighted by atomic mass is 32.2. The molecular formula is C29H28FN3O3S2. The minimum absolute atomic E-state index is 0.00433. The second-order valence-corrected chi connectivity index (χ2v) is 12.9. The molecule has 196 valence electrons. The summed E-state index contributed by atoms with van der Waals surface area (Å²) in [6, 6.07) is 14.3. The van der Waals surface area contributed by atoms with Crippen LogP contribution in [-0.4, -0.2) is 35.1 Å². The van der Waals surface area contributed by atoms with E-state index in [2.05, 4.69) is 48.0 Å². The van der Waals surface area contributed by atoms with E-state index in [0.29, 0.717) is 5.69 Å². The van der Waals surface area contributed by atoms with Crippen LogP contribution in [0.1, 0.15) is 36.6 Å². The maximum Gasteiger partial charge on any atom is 0.305 e. The van der Waals surface area contributed by atoms with Gasteiger partial charge in [0.1, 0.15) is 5.82 Å². The van der Waals surface area contributed by atoms with Gasteiger partial charge in [0.05, 0.1) is 22.5 Å². The number of benzene rings is 2. The summed E-state index contributed by atoms with van der Waals surface area (Å²) >= 11 is 2.97. The van der Waals surface area contributed by atoms with Crippen LogP contribution in [0.3, 0.4) is 0 Å². The van der Waals surface area contributed by atoms with Crippen LogP contribution in [0.25, 0.3) is 0 Å². The monoisotopic (exact) mass is 549 g/mol. The Balaban J connectivity index is 1.28. The first-order chi connectivity index (χ1) is 18.4. The van der Waals surface area contributed by atoms with Gasteiger partial charge in [-0.1, -0.05) is 23.5 Å². The van der Waals surface area contributed by atoms with E-state index >= 15 is 0 Å². The molecule has 2 saturated carbocycles. The number of amides is 2. The fraction of sp³-hybridized carbons (Fsp3) is 0.414. The van der Waals surface area contributed by atoms with Crippen LogP contribution in [0.5, 0.6) is 0 Å². The van der Waals surface area contributed by atoms with Crippen LogP contribution in [0, 0.1) is 35.4 Å². The minimum Gasteiger partial charge on any atom is -0.372 e. The van der Waals surface area contributed by atoms with Crippen molar-refractivity contribution in [2.24, 2.45) is 29.6 Å². The van der Waals surface area contributed by atoms with Crippen molar-refractivity contribution in [1.82, 2.24) is 4.98 Å². The zero-order chi connectivity index (χ0) is 26.3. The Morgan fingerprint density at radius 1 is 0.947 bits per heavy atom. The first-order valence-corrected chi connectivity index (χ1v) is 15.0. The van der Waals surface area contributed by atoms with E-state index in [1.54, 1.807) is 11.8 Å². The lowest BCUT2D eigenvalue weighted by molar-refractivity contribution is -0.123. The molecule has 38 heavy (non-hydrogen) atoms. The number of halogens is 1. The zero-order valence-electron chi connectivity index (χ0n) is 21.1.